The van der Waals surface area contributed by atoms with Crippen LogP contribution < -0.4 is 0 Å². The highest BCUT2D eigenvalue weighted by Gasteiger charge is 2.36. The molecule has 1 saturated carbocycles. The molecule has 0 radical (unpaired) electrons. The Morgan fingerprint density at radius 3 is 3.09 bits per heavy atom. The molecule has 7 heteroatoms. The molecule has 7 nitrogen and oxygen atoms in total. The number of nitrogens with zero attached hydrogens (tertiary/aromatic N) is 4. The monoisotopic (exact) mass is 315 g/mol. The number of H-pyrrole nitrogens is 1. The molecule has 1 N–H and O–H groups in total. The molecule has 2 aromatic heterocycles. The Hall–Kier alpha value is -2.18. The summed E-state index contributed by atoms with van der Waals surface area (Å²) in [6, 6.07) is 1.76. The summed E-state index contributed by atoms with van der Waals surface area (Å²) in [7, 11) is 0. The van der Waals surface area contributed by atoms with Crippen LogP contribution in [0.15, 0.2) is 10.6 Å². The van der Waals surface area contributed by atoms with E-state index in [2.05, 4.69) is 27.3 Å². The highest BCUT2D eigenvalue weighted by Crippen LogP contribution is 2.40. The summed E-state index contributed by atoms with van der Waals surface area (Å²) in [5, 5.41) is 11.2. The molecule has 1 aliphatic carbocycles. The van der Waals surface area contributed by atoms with Crippen LogP contribution in [0.1, 0.15) is 78.9 Å². The van der Waals surface area contributed by atoms with Crippen LogP contribution in [0.4, 0.5) is 0 Å². The average molecular weight is 315 g/mol. The standard InChI is InChI=1S/C16H21N5O2/c1-2-4-11-9-12(19-18-11)16(22)21-8-3-5-13(21)14-17-15(23-20-14)10-6-7-10/h9-10,13H,2-8H2,1H3,(H,18,19)/t13-/m1/s1. The van der Waals surface area contributed by atoms with E-state index in [1.54, 1.807) is 0 Å². The number of aromatic nitrogens is 4. The number of rotatable bonds is 5. The zero-order valence-corrected chi connectivity index (χ0v) is 13.3. The van der Waals surface area contributed by atoms with Crippen LogP contribution in [0.3, 0.4) is 0 Å². The highest BCUT2D eigenvalue weighted by molar-refractivity contribution is 5.92. The van der Waals surface area contributed by atoms with Crippen molar-refractivity contribution in [3.05, 3.63) is 29.2 Å². The van der Waals surface area contributed by atoms with Crippen molar-refractivity contribution in [3.8, 4) is 0 Å². The van der Waals surface area contributed by atoms with Gasteiger partial charge in [0.2, 0.25) is 5.89 Å². The molecule has 1 aliphatic heterocycles. The Morgan fingerprint density at radius 2 is 2.30 bits per heavy atom. The van der Waals surface area contributed by atoms with E-state index < -0.39 is 0 Å². The number of carbonyl (C=O) groups excluding carboxylic acids is 1. The first-order chi connectivity index (χ1) is 11.3. The van der Waals surface area contributed by atoms with Crippen molar-refractivity contribution < 1.29 is 9.32 Å². The molecule has 122 valence electrons. The topological polar surface area (TPSA) is 87.9 Å². The van der Waals surface area contributed by atoms with Crippen LogP contribution in [0.25, 0.3) is 0 Å². The first-order valence-corrected chi connectivity index (χ1v) is 8.45. The Bertz CT molecular complexity index is 703. The molecule has 0 unspecified atom stereocenters. The van der Waals surface area contributed by atoms with Gasteiger partial charge in [-0.05, 0) is 38.2 Å². The molecule has 3 heterocycles. The number of nitrogens with one attached hydrogen (secondary N) is 1. The molecule has 2 aliphatic rings. The van der Waals surface area contributed by atoms with E-state index in [9.17, 15) is 4.79 Å². The molecular weight excluding hydrogens is 294 g/mol. The maximum Gasteiger partial charge on any atom is 0.274 e. The fraction of sp³-hybridized carbons (Fsp3) is 0.625. The van der Waals surface area contributed by atoms with Gasteiger partial charge in [0.05, 0.1) is 6.04 Å². The molecular formula is C16H21N5O2. The molecule has 4 rings (SSSR count). The second-order valence-electron chi connectivity index (χ2n) is 6.45. The van der Waals surface area contributed by atoms with Gasteiger partial charge < -0.3 is 9.42 Å². The van der Waals surface area contributed by atoms with Gasteiger partial charge in [0, 0.05) is 18.2 Å². The fourth-order valence-electron chi connectivity index (χ4n) is 3.17. The summed E-state index contributed by atoms with van der Waals surface area (Å²) in [4.78, 5) is 19.1. The number of amides is 1. The van der Waals surface area contributed by atoms with Crippen molar-refractivity contribution in [2.75, 3.05) is 6.54 Å². The molecule has 1 atom stereocenters. The smallest absolute Gasteiger partial charge is 0.274 e. The van der Waals surface area contributed by atoms with Crippen LogP contribution in [0.5, 0.6) is 0 Å². The highest BCUT2D eigenvalue weighted by atomic mass is 16.5. The minimum atomic E-state index is -0.0925. The Morgan fingerprint density at radius 1 is 1.43 bits per heavy atom. The number of aryl methyl sites for hydroxylation is 1. The van der Waals surface area contributed by atoms with E-state index in [-0.39, 0.29) is 11.9 Å². The van der Waals surface area contributed by atoms with E-state index in [0.717, 1.165) is 50.1 Å². The molecule has 0 spiro atoms. The summed E-state index contributed by atoms with van der Waals surface area (Å²) >= 11 is 0. The molecule has 1 amide bonds. The van der Waals surface area contributed by atoms with Gasteiger partial charge in [0.25, 0.3) is 5.91 Å². The van der Waals surface area contributed by atoms with Crippen molar-refractivity contribution in [2.24, 2.45) is 0 Å². The average Bonchev–Trinajstić information content (AvgIpc) is 2.99. The van der Waals surface area contributed by atoms with Crippen LogP contribution >= 0.6 is 0 Å². The number of likely N-dealkylation sites (tertiary alicyclic amines) is 1. The number of carbonyl (C=O) groups is 1. The minimum absolute atomic E-state index is 0.0520. The summed E-state index contributed by atoms with van der Waals surface area (Å²) in [5.41, 5.74) is 1.48. The quantitative estimate of drug-likeness (QED) is 0.916. The third-order valence-corrected chi connectivity index (χ3v) is 4.57. The lowest BCUT2D eigenvalue weighted by atomic mass is 10.2. The Kier molecular flexibility index (Phi) is 3.63. The summed E-state index contributed by atoms with van der Waals surface area (Å²) in [6.45, 7) is 2.82. The zero-order chi connectivity index (χ0) is 15.8. The van der Waals surface area contributed by atoms with Gasteiger partial charge >= 0.3 is 0 Å². The molecule has 2 aromatic rings. The van der Waals surface area contributed by atoms with Gasteiger partial charge in [-0.1, -0.05) is 18.5 Å². The van der Waals surface area contributed by atoms with E-state index >= 15 is 0 Å². The van der Waals surface area contributed by atoms with Crippen LogP contribution in [0, 0.1) is 0 Å². The number of aromatic amines is 1. The Balaban J connectivity index is 1.52. The van der Waals surface area contributed by atoms with Gasteiger partial charge in [-0.25, -0.2) is 0 Å². The maximum atomic E-state index is 12.8. The first-order valence-electron chi connectivity index (χ1n) is 8.45. The predicted molar refractivity (Wildman–Crippen MR) is 81.9 cm³/mol. The lowest BCUT2D eigenvalue weighted by Crippen LogP contribution is -2.31. The van der Waals surface area contributed by atoms with E-state index in [4.69, 9.17) is 4.52 Å². The minimum Gasteiger partial charge on any atom is -0.339 e. The normalized spacial score (nSPS) is 21.1. The van der Waals surface area contributed by atoms with E-state index in [1.807, 2.05) is 11.0 Å². The van der Waals surface area contributed by atoms with Crippen molar-refractivity contribution >= 4 is 5.91 Å². The molecule has 0 aromatic carbocycles. The van der Waals surface area contributed by atoms with Crippen molar-refractivity contribution in [1.82, 2.24) is 25.2 Å². The third kappa shape index (κ3) is 2.75. The van der Waals surface area contributed by atoms with E-state index in [1.165, 1.54) is 0 Å². The molecule has 1 saturated heterocycles. The number of hydrogen-bond acceptors (Lipinski definition) is 5. The fourth-order valence-corrected chi connectivity index (χ4v) is 3.17. The summed E-state index contributed by atoms with van der Waals surface area (Å²) in [5.74, 6) is 1.75. The third-order valence-electron chi connectivity index (χ3n) is 4.57. The van der Waals surface area contributed by atoms with Crippen LogP contribution in [-0.4, -0.2) is 37.7 Å². The zero-order valence-electron chi connectivity index (χ0n) is 13.3. The lowest BCUT2D eigenvalue weighted by molar-refractivity contribution is 0.0722. The Labute approximate surface area is 134 Å². The SMILES string of the molecule is CCCc1cc(C(=O)N2CCC[C@@H]2c2noc(C3CC3)n2)n[nH]1. The maximum absolute atomic E-state index is 12.8. The van der Waals surface area contributed by atoms with Crippen molar-refractivity contribution in [3.63, 3.8) is 0 Å². The second kappa shape index (κ2) is 5.79. The van der Waals surface area contributed by atoms with Gasteiger partial charge in [-0.15, -0.1) is 0 Å². The van der Waals surface area contributed by atoms with Crippen LogP contribution in [-0.2, 0) is 6.42 Å². The van der Waals surface area contributed by atoms with Gasteiger partial charge in [-0.3, -0.25) is 9.89 Å². The van der Waals surface area contributed by atoms with Crippen LogP contribution in [0.2, 0.25) is 0 Å². The van der Waals surface area contributed by atoms with Gasteiger partial charge in [0.15, 0.2) is 5.82 Å². The first kappa shape index (κ1) is 14.4. The predicted octanol–water partition coefficient (Wildman–Crippen LogP) is 2.60. The number of hydrogen-bond donors (Lipinski definition) is 1. The molecule has 0 bridgehead atoms. The van der Waals surface area contributed by atoms with Gasteiger partial charge in [0.1, 0.15) is 5.69 Å². The second-order valence-corrected chi connectivity index (χ2v) is 6.45. The van der Waals surface area contributed by atoms with Crippen molar-refractivity contribution in [2.45, 2.75) is 57.4 Å². The molecule has 2 fully saturated rings. The lowest BCUT2D eigenvalue weighted by Gasteiger charge is -2.20. The van der Waals surface area contributed by atoms with Crippen molar-refractivity contribution in [1.29, 1.82) is 0 Å². The van der Waals surface area contributed by atoms with Gasteiger partial charge in [-0.2, -0.15) is 10.1 Å². The van der Waals surface area contributed by atoms with E-state index in [0.29, 0.717) is 24.0 Å². The molecule has 23 heavy (non-hydrogen) atoms. The largest absolute Gasteiger partial charge is 0.339 e. The summed E-state index contributed by atoms with van der Waals surface area (Å²) < 4.78 is 5.35. The summed E-state index contributed by atoms with van der Waals surface area (Å²) in [6.07, 6.45) is 6.01.